The molecule has 0 aliphatic carbocycles. The third-order valence-electron chi connectivity index (χ3n) is 11.2. The van der Waals surface area contributed by atoms with Gasteiger partial charge < -0.3 is 8.83 Å². The summed E-state index contributed by atoms with van der Waals surface area (Å²) in [5, 5.41) is 7.18. The average Bonchev–Trinajstić information content (AvgIpc) is 3.89. The van der Waals surface area contributed by atoms with E-state index in [1.807, 2.05) is 84.9 Å². The molecule has 0 saturated carbocycles. The minimum Gasteiger partial charge on any atom is -0.456 e. The summed E-state index contributed by atoms with van der Waals surface area (Å²) in [5.41, 5.74) is 9.80. The summed E-state index contributed by atoms with van der Waals surface area (Å²) in [6.07, 6.45) is 0. The lowest BCUT2D eigenvalue weighted by atomic mass is 9.80. The van der Waals surface area contributed by atoms with Crippen LogP contribution in [0.3, 0.4) is 0 Å². The number of hydrogen-bond donors (Lipinski definition) is 0. The molecule has 12 aromatic rings. The summed E-state index contributed by atoms with van der Waals surface area (Å²) < 4.78 is 75.1. The highest BCUT2D eigenvalue weighted by molar-refractivity contribution is 6.25. The van der Waals surface area contributed by atoms with Gasteiger partial charge in [-0.25, -0.2) is 0 Å². The van der Waals surface area contributed by atoms with Crippen molar-refractivity contribution >= 4 is 76.2 Å². The maximum atomic E-state index is 9.45. The van der Waals surface area contributed by atoms with Crippen LogP contribution >= 0.6 is 0 Å². The quantitative estimate of drug-likeness (QED) is 0.169. The Kier molecular flexibility index (Phi) is 5.34. The molecule has 12 rings (SSSR count). The molecule has 0 amide bonds. The third-order valence-corrected chi connectivity index (χ3v) is 11.2. The number of hydrogen-bond acceptors (Lipinski definition) is 2. The predicted octanol–water partition coefficient (Wildman–Crippen LogP) is 15.6. The SMILES string of the molecule is [2H]c1c([2H])c([2H])c2c(-c3c4ccccc4c(-c4c(-c5ccc6oc7ccccc7c6c5)cccc4-c4ccc5oc6ccccc6c5c4)c4ccccc34)c([2H])c([2H])c([2H])c2c1[2H]. The summed E-state index contributed by atoms with van der Waals surface area (Å²) in [4.78, 5) is 0. The Morgan fingerprint density at radius 2 is 0.768 bits per heavy atom. The van der Waals surface area contributed by atoms with E-state index in [9.17, 15) is 2.74 Å². The van der Waals surface area contributed by atoms with Crippen LogP contribution in [0.1, 0.15) is 9.60 Å². The summed E-state index contributed by atoms with van der Waals surface area (Å²) in [6, 6.07) is 48.2. The Morgan fingerprint density at radius 3 is 1.34 bits per heavy atom. The van der Waals surface area contributed by atoms with E-state index in [0.717, 1.165) is 98.8 Å². The van der Waals surface area contributed by atoms with Gasteiger partial charge in [-0.15, -0.1) is 0 Å². The van der Waals surface area contributed by atoms with Crippen LogP contribution in [0.15, 0.2) is 203 Å². The largest absolute Gasteiger partial charge is 0.456 e. The first-order chi connectivity index (χ1) is 30.7. The Labute approximate surface area is 332 Å². The molecule has 0 aliphatic rings. The van der Waals surface area contributed by atoms with E-state index < -0.39 is 30.2 Å². The van der Waals surface area contributed by atoms with E-state index in [4.69, 9.17) is 15.7 Å². The fraction of sp³-hybridized carbons (Fsp3) is 0. The Morgan fingerprint density at radius 1 is 0.304 bits per heavy atom. The lowest BCUT2D eigenvalue weighted by molar-refractivity contribution is 0.668. The molecule has 2 nitrogen and oxygen atoms in total. The second kappa shape index (κ2) is 12.0. The molecule has 0 spiro atoms. The highest BCUT2D eigenvalue weighted by Crippen LogP contribution is 2.50. The van der Waals surface area contributed by atoms with Gasteiger partial charge in [0.15, 0.2) is 0 Å². The predicted molar refractivity (Wildman–Crippen MR) is 235 cm³/mol. The normalized spacial score (nSPS) is 13.7. The van der Waals surface area contributed by atoms with Gasteiger partial charge >= 0.3 is 0 Å². The van der Waals surface area contributed by atoms with E-state index in [-0.39, 0.29) is 28.4 Å². The zero-order valence-corrected chi connectivity index (χ0v) is 29.8. The lowest BCUT2D eigenvalue weighted by Crippen LogP contribution is -1.95. The number of rotatable bonds is 4. The van der Waals surface area contributed by atoms with Crippen LogP contribution in [-0.2, 0) is 0 Å². The summed E-state index contributed by atoms with van der Waals surface area (Å²) in [5.74, 6) is 0. The highest BCUT2D eigenvalue weighted by atomic mass is 16.3. The third kappa shape index (κ3) is 4.57. The standard InChI is InChI=1S/C54H32O2/c1-2-15-36-33(13-1)14-11-24-41(36)52-42-18-3-5-20-44(42)54(45-21-6-4-19-43(45)52)53-37(34-27-29-50-46(31-34)39-16-7-9-25-48(39)55-50)22-12-23-38(53)35-28-30-51-47(32-35)40-17-8-10-26-49(40)56-51/h1-32H/i1D,2D,11D,13D,14D,15D,24D. The molecule has 0 bridgehead atoms. The van der Waals surface area contributed by atoms with Gasteiger partial charge in [0.1, 0.15) is 22.3 Å². The fourth-order valence-corrected chi connectivity index (χ4v) is 8.76. The van der Waals surface area contributed by atoms with Gasteiger partial charge in [-0.3, -0.25) is 0 Å². The lowest BCUT2D eigenvalue weighted by Gasteiger charge is -2.23. The molecular weight excluding hydrogens is 681 g/mol. The number of benzene rings is 10. The average molecular weight is 720 g/mol. The number of fused-ring (bicyclic) bond motifs is 9. The number of furan rings is 2. The molecule has 0 aliphatic heterocycles. The topological polar surface area (TPSA) is 26.3 Å². The van der Waals surface area contributed by atoms with Gasteiger partial charge in [-0.2, -0.15) is 0 Å². The van der Waals surface area contributed by atoms with Crippen LogP contribution in [0.2, 0.25) is 0 Å². The van der Waals surface area contributed by atoms with E-state index in [1.165, 1.54) is 0 Å². The molecule has 2 heteroatoms. The monoisotopic (exact) mass is 719 g/mol. The van der Waals surface area contributed by atoms with Crippen molar-refractivity contribution in [1.82, 2.24) is 0 Å². The van der Waals surface area contributed by atoms with Crippen molar-refractivity contribution in [3.05, 3.63) is 194 Å². The summed E-state index contributed by atoms with van der Waals surface area (Å²) >= 11 is 0. The van der Waals surface area contributed by atoms with Crippen molar-refractivity contribution in [1.29, 1.82) is 0 Å². The molecular formula is C54H32O2. The minimum atomic E-state index is -0.485. The maximum Gasteiger partial charge on any atom is 0.135 e. The van der Waals surface area contributed by atoms with Gasteiger partial charge in [-0.05, 0) is 113 Å². The van der Waals surface area contributed by atoms with Crippen LogP contribution in [0.25, 0.3) is 121 Å². The molecule has 0 fully saturated rings. The van der Waals surface area contributed by atoms with Crippen molar-refractivity contribution in [2.45, 2.75) is 0 Å². The van der Waals surface area contributed by atoms with Crippen molar-refractivity contribution in [2.24, 2.45) is 0 Å². The van der Waals surface area contributed by atoms with Crippen LogP contribution in [0.5, 0.6) is 0 Å². The van der Waals surface area contributed by atoms with Crippen LogP contribution in [-0.4, -0.2) is 0 Å². The molecule has 0 saturated heterocycles. The molecule has 2 aromatic heterocycles. The van der Waals surface area contributed by atoms with Crippen molar-refractivity contribution < 1.29 is 18.4 Å². The van der Waals surface area contributed by atoms with Gasteiger partial charge in [0.2, 0.25) is 0 Å². The fourth-order valence-electron chi connectivity index (χ4n) is 8.76. The molecule has 10 aromatic carbocycles. The Balaban J connectivity index is 1.25. The van der Waals surface area contributed by atoms with E-state index >= 15 is 0 Å². The highest BCUT2D eigenvalue weighted by Gasteiger charge is 2.23. The first kappa shape index (κ1) is 24.8. The van der Waals surface area contributed by atoms with E-state index in [1.54, 1.807) is 0 Å². The zero-order valence-electron chi connectivity index (χ0n) is 36.8. The molecule has 260 valence electrons. The number of para-hydroxylation sites is 2. The van der Waals surface area contributed by atoms with E-state index in [2.05, 4.69) is 66.7 Å². The maximum absolute atomic E-state index is 9.45. The smallest absolute Gasteiger partial charge is 0.135 e. The molecule has 2 heterocycles. The molecule has 0 N–H and O–H groups in total. The van der Waals surface area contributed by atoms with Gasteiger partial charge in [-0.1, -0.05) is 158 Å². The molecule has 0 unspecified atom stereocenters. The van der Waals surface area contributed by atoms with Gasteiger partial charge in [0, 0.05) is 21.5 Å². The zero-order chi connectivity index (χ0) is 42.8. The summed E-state index contributed by atoms with van der Waals surface area (Å²) in [7, 11) is 0. The van der Waals surface area contributed by atoms with Crippen molar-refractivity contribution in [3.8, 4) is 44.5 Å². The van der Waals surface area contributed by atoms with Crippen molar-refractivity contribution in [3.63, 3.8) is 0 Å². The molecule has 56 heavy (non-hydrogen) atoms. The van der Waals surface area contributed by atoms with Gasteiger partial charge in [0.05, 0.1) is 9.60 Å². The molecule has 0 radical (unpaired) electrons. The first-order valence-electron chi connectivity index (χ1n) is 22.1. The Bertz CT molecular complexity index is 3760. The van der Waals surface area contributed by atoms with E-state index in [0.29, 0.717) is 5.56 Å². The second-order valence-electron chi connectivity index (χ2n) is 14.2. The van der Waals surface area contributed by atoms with Gasteiger partial charge in [0.25, 0.3) is 0 Å². The minimum absolute atomic E-state index is 0.0532. The van der Waals surface area contributed by atoms with Crippen LogP contribution in [0, 0.1) is 0 Å². The second-order valence-corrected chi connectivity index (χ2v) is 14.2. The summed E-state index contributed by atoms with van der Waals surface area (Å²) in [6.45, 7) is 0. The first-order valence-corrected chi connectivity index (χ1v) is 18.6. The van der Waals surface area contributed by atoms with Crippen LogP contribution in [0.4, 0.5) is 0 Å². The molecule has 0 atom stereocenters. The van der Waals surface area contributed by atoms with Crippen LogP contribution < -0.4 is 0 Å². The Hall–Kier alpha value is -7.42. The van der Waals surface area contributed by atoms with Crippen molar-refractivity contribution in [2.75, 3.05) is 0 Å².